The molecule has 0 unspecified atom stereocenters. The molecular weight excluding hydrogens is 284 g/mol. The summed E-state index contributed by atoms with van der Waals surface area (Å²) in [6.07, 6.45) is 2.83. The first-order valence-corrected chi connectivity index (χ1v) is 6.70. The summed E-state index contributed by atoms with van der Waals surface area (Å²) in [5.41, 5.74) is 0.305. The summed E-state index contributed by atoms with van der Waals surface area (Å²) < 4.78 is 11.0. The summed E-state index contributed by atoms with van der Waals surface area (Å²) in [4.78, 5) is 23.0. The largest absolute Gasteiger partial charge is 0.462 e. The number of ether oxygens (including phenoxy) is 2. The van der Waals surface area contributed by atoms with E-state index in [-0.39, 0.29) is 18.2 Å². The molecule has 0 atom stereocenters. The van der Waals surface area contributed by atoms with E-state index >= 15 is 0 Å². The smallest absolute Gasteiger partial charge is 0.369 e. The van der Waals surface area contributed by atoms with E-state index in [9.17, 15) is 9.59 Å². The zero-order chi connectivity index (χ0) is 14.5. The molecule has 0 fully saturated rings. The van der Waals surface area contributed by atoms with Gasteiger partial charge in [-0.25, -0.2) is 14.3 Å². The highest BCUT2D eigenvalue weighted by atomic mass is 32.1. The van der Waals surface area contributed by atoms with Crippen molar-refractivity contribution in [2.75, 3.05) is 13.2 Å². The molecule has 9 heteroatoms. The summed E-state index contributed by atoms with van der Waals surface area (Å²) in [7, 11) is 0. The SMILES string of the molecule is CCOC(=O)c1cnn(-c2nnc(C(=O)OCC)s2)c1. The first kappa shape index (κ1) is 14.1. The summed E-state index contributed by atoms with van der Waals surface area (Å²) in [5, 5.41) is 12.0. The molecule has 2 rings (SSSR count). The number of nitrogens with zero attached hydrogens (tertiary/aromatic N) is 4. The van der Waals surface area contributed by atoms with Gasteiger partial charge >= 0.3 is 11.9 Å². The number of hydrogen-bond acceptors (Lipinski definition) is 8. The Hall–Kier alpha value is -2.29. The molecule has 0 aliphatic carbocycles. The fraction of sp³-hybridized carbons (Fsp3) is 0.364. The van der Waals surface area contributed by atoms with Crippen molar-refractivity contribution in [3.63, 3.8) is 0 Å². The van der Waals surface area contributed by atoms with E-state index in [2.05, 4.69) is 15.3 Å². The highest BCUT2D eigenvalue weighted by Crippen LogP contribution is 2.15. The van der Waals surface area contributed by atoms with Gasteiger partial charge in [-0.2, -0.15) is 5.10 Å². The van der Waals surface area contributed by atoms with Crippen molar-refractivity contribution >= 4 is 23.3 Å². The Balaban J connectivity index is 2.16. The lowest BCUT2D eigenvalue weighted by molar-refractivity contribution is 0.0516. The molecule has 2 heterocycles. The Kier molecular flexibility index (Phi) is 4.41. The third kappa shape index (κ3) is 2.99. The second-order valence-electron chi connectivity index (χ2n) is 3.50. The average Bonchev–Trinajstić information content (AvgIpc) is 3.08. The van der Waals surface area contributed by atoms with Crippen LogP contribution in [0, 0.1) is 0 Å². The van der Waals surface area contributed by atoms with Gasteiger partial charge in [0.15, 0.2) is 0 Å². The maximum Gasteiger partial charge on any atom is 0.369 e. The molecule has 0 aromatic carbocycles. The molecule has 0 aliphatic heterocycles. The Labute approximate surface area is 118 Å². The van der Waals surface area contributed by atoms with E-state index in [0.29, 0.717) is 10.7 Å². The third-order valence-corrected chi connectivity index (χ3v) is 3.05. The van der Waals surface area contributed by atoms with E-state index in [1.54, 1.807) is 13.8 Å². The highest BCUT2D eigenvalue weighted by Gasteiger charge is 2.16. The van der Waals surface area contributed by atoms with Gasteiger partial charge in [0, 0.05) is 6.20 Å². The van der Waals surface area contributed by atoms with Gasteiger partial charge in [-0.3, -0.25) is 0 Å². The van der Waals surface area contributed by atoms with Gasteiger partial charge in [0.2, 0.25) is 10.1 Å². The Morgan fingerprint density at radius 2 is 1.90 bits per heavy atom. The van der Waals surface area contributed by atoms with Gasteiger partial charge in [0.25, 0.3) is 0 Å². The van der Waals surface area contributed by atoms with E-state index in [0.717, 1.165) is 11.3 Å². The minimum Gasteiger partial charge on any atom is -0.462 e. The van der Waals surface area contributed by atoms with Crippen molar-refractivity contribution in [1.29, 1.82) is 0 Å². The molecule has 20 heavy (non-hydrogen) atoms. The molecule has 2 aromatic heterocycles. The maximum absolute atomic E-state index is 11.5. The van der Waals surface area contributed by atoms with Crippen LogP contribution < -0.4 is 0 Å². The van der Waals surface area contributed by atoms with E-state index in [1.165, 1.54) is 17.1 Å². The number of aromatic nitrogens is 4. The van der Waals surface area contributed by atoms with E-state index in [1.807, 2.05) is 0 Å². The van der Waals surface area contributed by atoms with Crippen molar-refractivity contribution in [1.82, 2.24) is 20.0 Å². The van der Waals surface area contributed by atoms with Crippen molar-refractivity contribution in [3.05, 3.63) is 23.0 Å². The van der Waals surface area contributed by atoms with Crippen LogP contribution in [0.5, 0.6) is 0 Å². The lowest BCUT2D eigenvalue weighted by Crippen LogP contribution is -2.03. The molecule has 8 nitrogen and oxygen atoms in total. The Morgan fingerprint density at radius 1 is 1.20 bits per heavy atom. The Bertz CT molecular complexity index is 567. The summed E-state index contributed by atoms with van der Waals surface area (Å²) in [6, 6.07) is 0. The molecule has 0 saturated carbocycles. The van der Waals surface area contributed by atoms with Gasteiger partial charge in [0.1, 0.15) is 0 Å². The molecule has 0 saturated heterocycles. The number of rotatable bonds is 5. The quantitative estimate of drug-likeness (QED) is 0.761. The predicted molar refractivity (Wildman–Crippen MR) is 68.9 cm³/mol. The first-order valence-electron chi connectivity index (χ1n) is 5.88. The number of carbonyl (C=O) groups excluding carboxylic acids is 2. The van der Waals surface area contributed by atoms with Crippen molar-refractivity contribution in [2.24, 2.45) is 0 Å². The van der Waals surface area contributed by atoms with Crippen LogP contribution >= 0.6 is 11.3 Å². The van der Waals surface area contributed by atoms with Crippen molar-refractivity contribution < 1.29 is 19.1 Å². The molecule has 106 valence electrons. The fourth-order valence-electron chi connectivity index (χ4n) is 1.33. The second-order valence-corrected chi connectivity index (χ2v) is 4.46. The Morgan fingerprint density at radius 3 is 2.60 bits per heavy atom. The van der Waals surface area contributed by atoms with Crippen LogP contribution in [0.1, 0.15) is 34.0 Å². The molecule has 0 aliphatic rings. The summed E-state index contributed by atoms with van der Waals surface area (Å²) >= 11 is 1.02. The van der Waals surface area contributed by atoms with Crippen LogP contribution in [0.2, 0.25) is 0 Å². The van der Waals surface area contributed by atoms with Crippen molar-refractivity contribution in [2.45, 2.75) is 13.8 Å². The lowest BCUT2D eigenvalue weighted by Gasteiger charge is -1.96. The maximum atomic E-state index is 11.5. The molecule has 0 spiro atoms. The standard InChI is InChI=1S/C11H12N4O4S/c1-3-18-9(16)7-5-12-15(6-7)11-14-13-8(20-11)10(17)19-4-2/h5-6H,3-4H2,1-2H3. The van der Waals surface area contributed by atoms with Crippen LogP contribution in [0.15, 0.2) is 12.4 Å². The normalized spacial score (nSPS) is 10.3. The van der Waals surface area contributed by atoms with Crippen LogP contribution in [-0.2, 0) is 9.47 Å². The third-order valence-electron chi connectivity index (χ3n) is 2.15. The van der Waals surface area contributed by atoms with E-state index in [4.69, 9.17) is 9.47 Å². The molecule has 0 amide bonds. The van der Waals surface area contributed by atoms with Crippen molar-refractivity contribution in [3.8, 4) is 5.13 Å². The first-order chi connectivity index (χ1) is 9.65. The predicted octanol–water partition coefficient (Wildman–Crippen LogP) is 1.08. The monoisotopic (exact) mass is 296 g/mol. The highest BCUT2D eigenvalue weighted by molar-refractivity contribution is 7.15. The zero-order valence-corrected chi connectivity index (χ0v) is 11.7. The summed E-state index contributed by atoms with van der Waals surface area (Å²) in [6.45, 7) is 3.98. The van der Waals surface area contributed by atoms with Crippen LogP contribution in [0.3, 0.4) is 0 Å². The molecule has 0 radical (unpaired) electrons. The van der Waals surface area contributed by atoms with Gasteiger partial charge in [-0.05, 0) is 13.8 Å². The average molecular weight is 296 g/mol. The van der Waals surface area contributed by atoms with Crippen LogP contribution in [-0.4, -0.2) is 45.1 Å². The fourth-order valence-corrected chi connectivity index (χ4v) is 2.00. The topological polar surface area (TPSA) is 96.2 Å². The summed E-state index contributed by atoms with van der Waals surface area (Å²) in [5.74, 6) is -0.997. The minimum absolute atomic E-state index is 0.134. The van der Waals surface area contributed by atoms with Gasteiger partial charge in [-0.15, -0.1) is 10.2 Å². The molecule has 0 bridgehead atoms. The van der Waals surface area contributed by atoms with Crippen LogP contribution in [0.25, 0.3) is 5.13 Å². The van der Waals surface area contributed by atoms with Gasteiger partial charge in [-0.1, -0.05) is 11.3 Å². The number of hydrogen-bond donors (Lipinski definition) is 0. The number of esters is 2. The molecule has 0 N–H and O–H groups in total. The number of carbonyl (C=O) groups is 2. The van der Waals surface area contributed by atoms with Gasteiger partial charge < -0.3 is 9.47 Å². The molecule has 2 aromatic rings. The minimum atomic E-state index is -0.533. The van der Waals surface area contributed by atoms with Gasteiger partial charge in [0.05, 0.1) is 25.0 Å². The van der Waals surface area contributed by atoms with Crippen LogP contribution in [0.4, 0.5) is 0 Å². The zero-order valence-electron chi connectivity index (χ0n) is 10.9. The van der Waals surface area contributed by atoms with E-state index < -0.39 is 11.9 Å². The lowest BCUT2D eigenvalue weighted by atomic mass is 10.4. The second kappa shape index (κ2) is 6.24. The molecular formula is C11H12N4O4S.